The summed E-state index contributed by atoms with van der Waals surface area (Å²) in [5, 5.41) is 3.99. The fourth-order valence-electron chi connectivity index (χ4n) is 1.76. The summed E-state index contributed by atoms with van der Waals surface area (Å²) in [6.45, 7) is 0. The average Bonchev–Trinajstić information content (AvgIpc) is 2.96. The summed E-state index contributed by atoms with van der Waals surface area (Å²) in [7, 11) is 0. The Morgan fingerprint density at radius 3 is 2.55 bits per heavy atom. The van der Waals surface area contributed by atoms with Gasteiger partial charge in [-0.15, -0.1) is 11.8 Å². The number of anilines is 1. The van der Waals surface area contributed by atoms with Crippen LogP contribution in [0.25, 0.3) is 11.5 Å². The molecule has 0 amide bonds. The minimum atomic E-state index is 0.544. The first-order valence-electron chi connectivity index (χ1n) is 6.18. The Labute approximate surface area is 121 Å². The van der Waals surface area contributed by atoms with Crippen LogP contribution in [-0.4, -0.2) is 10.1 Å². The molecular weight excluding hydrogens is 270 g/mol. The Bertz CT molecular complexity index is 697. The molecule has 5 heteroatoms. The second kappa shape index (κ2) is 5.79. The molecular formula is C15H13N3OS. The molecule has 2 N–H and O–H groups in total. The number of nitrogens with two attached hydrogens (primary N) is 1. The molecule has 0 aliphatic rings. The molecule has 1 aromatic heterocycles. The molecule has 2 aromatic carbocycles. The zero-order valence-corrected chi connectivity index (χ0v) is 11.5. The Morgan fingerprint density at radius 2 is 1.75 bits per heavy atom. The molecule has 0 aliphatic carbocycles. The van der Waals surface area contributed by atoms with Crippen molar-refractivity contribution in [3.05, 3.63) is 60.4 Å². The van der Waals surface area contributed by atoms with E-state index in [4.69, 9.17) is 10.3 Å². The van der Waals surface area contributed by atoms with Crippen LogP contribution in [0.5, 0.6) is 0 Å². The van der Waals surface area contributed by atoms with Gasteiger partial charge in [0.15, 0.2) is 5.82 Å². The van der Waals surface area contributed by atoms with Crippen molar-refractivity contribution in [2.75, 3.05) is 5.73 Å². The lowest BCUT2D eigenvalue weighted by molar-refractivity contribution is 0.425. The van der Waals surface area contributed by atoms with Crippen molar-refractivity contribution in [1.82, 2.24) is 10.1 Å². The molecule has 3 rings (SSSR count). The topological polar surface area (TPSA) is 64.9 Å². The number of hydrogen-bond donors (Lipinski definition) is 1. The highest BCUT2D eigenvalue weighted by Crippen LogP contribution is 2.27. The summed E-state index contributed by atoms with van der Waals surface area (Å²) in [6, 6.07) is 17.5. The molecule has 20 heavy (non-hydrogen) atoms. The number of aromatic nitrogens is 2. The van der Waals surface area contributed by atoms with E-state index >= 15 is 0 Å². The van der Waals surface area contributed by atoms with Crippen LogP contribution in [0.2, 0.25) is 0 Å². The zero-order valence-electron chi connectivity index (χ0n) is 10.7. The van der Waals surface area contributed by atoms with E-state index in [1.807, 2.05) is 54.6 Å². The highest BCUT2D eigenvalue weighted by molar-refractivity contribution is 7.98. The Kier molecular flexibility index (Phi) is 3.69. The molecule has 1 heterocycles. The van der Waals surface area contributed by atoms with E-state index in [-0.39, 0.29) is 0 Å². The van der Waals surface area contributed by atoms with Crippen molar-refractivity contribution < 1.29 is 4.52 Å². The number of benzene rings is 2. The van der Waals surface area contributed by atoms with Gasteiger partial charge >= 0.3 is 0 Å². The largest absolute Gasteiger partial charge is 0.398 e. The maximum atomic E-state index is 5.90. The number of thioether (sulfide) groups is 1. The normalized spacial score (nSPS) is 10.6. The lowest BCUT2D eigenvalue weighted by atomic mass is 10.2. The average molecular weight is 283 g/mol. The molecule has 0 saturated carbocycles. The molecule has 0 fully saturated rings. The predicted octanol–water partition coefficient (Wildman–Crippen LogP) is 3.61. The van der Waals surface area contributed by atoms with E-state index in [0.29, 0.717) is 17.5 Å². The van der Waals surface area contributed by atoms with Crippen LogP contribution in [0.15, 0.2) is 64.0 Å². The van der Waals surface area contributed by atoms with Crippen LogP contribution >= 0.6 is 11.8 Å². The zero-order chi connectivity index (χ0) is 13.8. The van der Waals surface area contributed by atoms with Crippen LogP contribution in [0.1, 0.15) is 5.82 Å². The van der Waals surface area contributed by atoms with Crippen molar-refractivity contribution in [2.24, 2.45) is 0 Å². The van der Waals surface area contributed by atoms with Gasteiger partial charge in [-0.05, 0) is 24.3 Å². The molecule has 0 unspecified atom stereocenters. The fourth-order valence-corrected chi connectivity index (χ4v) is 2.58. The number of nitrogen functional groups attached to an aromatic ring is 1. The van der Waals surface area contributed by atoms with Crippen molar-refractivity contribution in [1.29, 1.82) is 0 Å². The van der Waals surface area contributed by atoms with Crippen molar-refractivity contribution >= 4 is 17.4 Å². The molecule has 0 radical (unpaired) electrons. The van der Waals surface area contributed by atoms with Gasteiger partial charge in [0.25, 0.3) is 5.89 Å². The minimum Gasteiger partial charge on any atom is -0.398 e. The molecule has 0 atom stereocenters. The van der Waals surface area contributed by atoms with E-state index in [9.17, 15) is 0 Å². The van der Waals surface area contributed by atoms with E-state index in [2.05, 4.69) is 10.1 Å². The summed E-state index contributed by atoms with van der Waals surface area (Å²) >= 11 is 1.60. The monoisotopic (exact) mass is 283 g/mol. The van der Waals surface area contributed by atoms with Gasteiger partial charge in [0.05, 0.1) is 5.75 Å². The van der Waals surface area contributed by atoms with E-state index in [1.165, 1.54) is 0 Å². The predicted molar refractivity (Wildman–Crippen MR) is 80.1 cm³/mol. The number of hydrogen-bond acceptors (Lipinski definition) is 5. The van der Waals surface area contributed by atoms with Crippen LogP contribution in [0.4, 0.5) is 5.69 Å². The molecule has 0 bridgehead atoms. The summed E-state index contributed by atoms with van der Waals surface area (Å²) in [6.07, 6.45) is 0. The van der Waals surface area contributed by atoms with Crippen LogP contribution in [-0.2, 0) is 5.75 Å². The summed E-state index contributed by atoms with van der Waals surface area (Å²) < 4.78 is 5.26. The lowest BCUT2D eigenvalue weighted by Crippen LogP contribution is -1.89. The Morgan fingerprint density at radius 1 is 1.00 bits per heavy atom. The highest BCUT2D eigenvalue weighted by atomic mass is 32.2. The summed E-state index contributed by atoms with van der Waals surface area (Å²) in [4.78, 5) is 5.41. The van der Waals surface area contributed by atoms with E-state index < -0.39 is 0 Å². The minimum absolute atomic E-state index is 0.544. The SMILES string of the molecule is Nc1ccccc1SCc1noc(-c2ccccc2)n1. The Hall–Kier alpha value is -2.27. The number of para-hydroxylation sites is 1. The third kappa shape index (κ3) is 2.83. The second-order valence-corrected chi connectivity index (χ2v) is 5.23. The number of nitrogens with zero attached hydrogens (tertiary/aromatic N) is 2. The third-order valence-electron chi connectivity index (χ3n) is 2.76. The maximum Gasteiger partial charge on any atom is 0.257 e. The first-order chi connectivity index (χ1) is 9.83. The standard InChI is InChI=1S/C15H13N3OS/c16-12-8-4-5-9-13(12)20-10-14-17-15(19-18-14)11-6-2-1-3-7-11/h1-9H,10,16H2. The van der Waals surface area contributed by atoms with Crippen molar-refractivity contribution in [3.63, 3.8) is 0 Å². The van der Waals surface area contributed by atoms with Gasteiger partial charge in [-0.3, -0.25) is 0 Å². The van der Waals surface area contributed by atoms with Gasteiger partial charge in [-0.1, -0.05) is 35.5 Å². The van der Waals surface area contributed by atoms with Crippen LogP contribution < -0.4 is 5.73 Å². The Balaban J connectivity index is 1.71. The molecule has 100 valence electrons. The van der Waals surface area contributed by atoms with Gasteiger partial charge < -0.3 is 10.3 Å². The first kappa shape index (κ1) is 12.7. The van der Waals surface area contributed by atoms with Crippen LogP contribution in [0, 0.1) is 0 Å². The lowest BCUT2D eigenvalue weighted by Gasteiger charge is -2.01. The highest BCUT2D eigenvalue weighted by Gasteiger charge is 2.09. The van der Waals surface area contributed by atoms with Crippen molar-refractivity contribution in [2.45, 2.75) is 10.6 Å². The second-order valence-electron chi connectivity index (χ2n) is 4.21. The quantitative estimate of drug-likeness (QED) is 0.585. The first-order valence-corrected chi connectivity index (χ1v) is 7.17. The molecule has 0 spiro atoms. The van der Waals surface area contributed by atoms with E-state index in [1.54, 1.807) is 11.8 Å². The van der Waals surface area contributed by atoms with Crippen LogP contribution in [0.3, 0.4) is 0 Å². The number of rotatable bonds is 4. The van der Waals surface area contributed by atoms with E-state index in [0.717, 1.165) is 16.1 Å². The van der Waals surface area contributed by atoms with Crippen molar-refractivity contribution in [3.8, 4) is 11.5 Å². The smallest absolute Gasteiger partial charge is 0.257 e. The molecule has 0 aliphatic heterocycles. The van der Waals surface area contributed by atoms with Gasteiger partial charge in [0.1, 0.15) is 0 Å². The third-order valence-corrected chi connectivity index (χ3v) is 3.85. The maximum absolute atomic E-state index is 5.90. The van der Waals surface area contributed by atoms with Gasteiger partial charge in [0, 0.05) is 16.1 Å². The fraction of sp³-hybridized carbons (Fsp3) is 0.0667. The summed E-state index contributed by atoms with van der Waals surface area (Å²) in [5.41, 5.74) is 7.59. The van der Waals surface area contributed by atoms with Gasteiger partial charge in [-0.2, -0.15) is 4.98 Å². The summed E-state index contributed by atoms with van der Waals surface area (Å²) in [5.74, 6) is 1.84. The molecule has 0 saturated heterocycles. The van der Waals surface area contributed by atoms with Gasteiger partial charge in [-0.25, -0.2) is 0 Å². The molecule has 4 nitrogen and oxygen atoms in total. The molecule has 3 aromatic rings. The van der Waals surface area contributed by atoms with Gasteiger partial charge in [0.2, 0.25) is 0 Å².